The molecule has 0 radical (unpaired) electrons. The van der Waals surface area contributed by atoms with Crippen LogP contribution >= 0.6 is 0 Å². The van der Waals surface area contributed by atoms with Crippen molar-refractivity contribution in [2.24, 2.45) is 5.41 Å². The van der Waals surface area contributed by atoms with Crippen molar-refractivity contribution < 1.29 is 23.7 Å². The fourth-order valence-corrected chi connectivity index (χ4v) is 3.17. The zero-order valence-corrected chi connectivity index (χ0v) is 15.7. The Labute approximate surface area is 161 Å². The Hall–Kier alpha value is -2.52. The van der Waals surface area contributed by atoms with Crippen molar-refractivity contribution in [3.05, 3.63) is 24.0 Å². The fraction of sp³-hybridized carbons (Fsp3) is 0.579. The van der Waals surface area contributed by atoms with Crippen LogP contribution in [0.1, 0.15) is 36.0 Å². The van der Waals surface area contributed by atoms with E-state index in [0.29, 0.717) is 29.2 Å². The van der Waals surface area contributed by atoms with Crippen LogP contribution in [0.5, 0.6) is 5.75 Å². The molecule has 1 spiro atoms. The summed E-state index contributed by atoms with van der Waals surface area (Å²) < 4.78 is 24.0. The van der Waals surface area contributed by atoms with Crippen LogP contribution in [0.2, 0.25) is 0 Å². The van der Waals surface area contributed by atoms with Gasteiger partial charge in [0, 0.05) is 11.6 Å². The smallest absolute Gasteiger partial charge is 0.339 e. The van der Waals surface area contributed by atoms with Gasteiger partial charge in [-0.3, -0.25) is 0 Å². The standard InChI is InChI=1S/C19H22N4O5/c1-25-18(24)12-6-15(28-13-2-3-13)17(20-7-12)14-8-23(22-21-14)9-16-26-10-19(4-5-19)11-27-16/h6-8,13,16H,2-5,9-11H2,1H3. The summed E-state index contributed by atoms with van der Waals surface area (Å²) in [6.45, 7) is 1.95. The molecule has 2 aromatic rings. The Morgan fingerprint density at radius 3 is 2.79 bits per heavy atom. The molecule has 0 unspecified atom stereocenters. The maximum atomic E-state index is 11.8. The van der Waals surface area contributed by atoms with Gasteiger partial charge in [0.2, 0.25) is 0 Å². The first kappa shape index (κ1) is 17.6. The zero-order valence-electron chi connectivity index (χ0n) is 15.7. The first-order chi connectivity index (χ1) is 13.6. The maximum absolute atomic E-state index is 11.8. The molecule has 1 saturated heterocycles. The summed E-state index contributed by atoms with van der Waals surface area (Å²) in [6, 6.07) is 1.65. The third kappa shape index (κ3) is 3.59. The third-order valence-electron chi connectivity index (χ3n) is 5.32. The van der Waals surface area contributed by atoms with Crippen molar-refractivity contribution in [3.8, 4) is 17.1 Å². The molecule has 28 heavy (non-hydrogen) atoms. The predicted molar refractivity (Wildman–Crippen MR) is 95.6 cm³/mol. The SMILES string of the molecule is COC(=O)c1cnc(-c2cn(CC3OCC4(CC4)CO3)nn2)c(OC2CC2)c1. The van der Waals surface area contributed by atoms with Crippen LogP contribution in [0.3, 0.4) is 0 Å². The molecule has 1 aliphatic heterocycles. The van der Waals surface area contributed by atoms with E-state index in [1.165, 1.54) is 26.1 Å². The lowest BCUT2D eigenvalue weighted by Gasteiger charge is -2.29. The highest BCUT2D eigenvalue weighted by Gasteiger charge is 2.47. The first-order valence-electron chi connectivity index (χ1n) is 9.53. The molecule has 9 nitrogen and oxygen atoms in total. The molecule has 0 aromatic carbocycles. The number of ether oxygens (including phenoxy) is 4. The van der Waals surface area contributed by atoms with E-state index in [1.807, 2.05) is 0 Å². The number of carbonyl (C=O) groups excluding carboxylic acids is 1. The average Bonchev–Trinajstić information content (AvgIpc) is 3.64. The first-order valence-corrected chi connectivity index (χ1v) is 9.53. The molecule has 2 aromatic heterocycles. The number of hydrogen-bond donors (Lipinski definition) is 0. The fourth-order valence-electron chi connectivity index (χ4n) is 3.17. The molecule has 148 valence electrons. The van der Waals surface area contributed by atoms with Gasteiger partial charge in [0.1, 0.15) is 17.1 Å². The number of nitrogens with zero attached hydrogens (tertiary/aromatic N) is 4. The molecule has 2 aliphatic carbocycles. The van der Waals surface area contributed by atoms with Gasteiger partial charge in [-0.05, 0) is 31.7 Å². The Bertz CT molecular complexity index is 880. The Kier molecular flexibility index (Phi) is 4.28. The van der Waals surface area contributed by atoms with Crippen molar-refractivity contribution in [2.45, 2.75) is 44.6 Å². The number of pyridine rings is 1. The second kappa shape index (κ2) is 6.82. The van der Waals surface area contributed by atoms with Gasteiger partial charge in [-0.15, -0.1) is 5.10 Å². The minimum Gasteiger partial charge on any atom is -0.488 e. The molecule has 0 atom stereocenters. The number of carbonyl (C=O) groups is 1. The van der Waals surface area contributed by atoms with Crippen molar-refractivity contribution in [2.75, 3.05) is 20.3 Å². The van der Waals surface area contributed by atoms with E-state index in [4.69, 9.17) is 18.9 Å². The molecule has 2 saturated carbocycles. The van der Waals surface area contributed by atoms with Crippen LogP contribution in [0, 0.1) is 5.41 Å². The van der Waals surface area contributed by atoms with Gasteiger partial charge in [0.15, 0.2) is 6.29 Å². The normalized spacial score (nSPS) is 20.9. The molecular weight excluding hydrogens is 364 g/mol. The average molecular weight is 386 g/mol. The van der Waals surface area contributed by atoms with E-state index in [-0.39, 0.29) is 17.8 Å². The Morgan fingerprint density at radius 2 is 2.11 bits per heavy atom. The molecule has 3 heterocycles. The van der Waals surface area contributed by atoms with Crippen LogP contribution in [0.15, 0.2) is 18.5 Å². The molecule has 3 fully saturated rings. The third-order valence-corrected chi connectivity index (χ3v) is 5.32. The molecule has 9 heteroatoms. The monoisotopic (exact) mass is 386 g/mol. The number of esters is 1. The van der Waals surface area contributed by atoms with Gasteiger partial charge in [-0.25, -0.2) is 14.5 Å². The van der Waals surface area contributed by atoms with Crippen LogP contribution < -0.4 is 4.74 Å². The van der Waals surface area contributed by atoms with Crippen molar-refractivity contribution in [3.63, 3.8) is 0 Å². The van der Waals surface area contributed by atoms with Crippen LogP contribution in [0.4, 0.5) is 0 Å². The number of hydrogen-bond acceptors (Lipinski definition) is 8. The molecule has 5 rings (SSSR count). The predicted octanol–water partition coefficient (Wildman–Crippen LogP) is 1.82. The summed E-state index contributed by atoms with van der Waals surface area (Å²) in [6.07, 6.45) is 7.43. The number of methoxy groups -OCH3 is 1. The van der Waals surface area contributed by atoms with Gasteiger partial charge in [0.05, 0.1) is 44.7 Å². The van der Waals surface area contributed by atoms with Crippen molar-refractivity contribution in [1.29, 1.82) is 0 Å². The quantitative estimate of drug-likeness (QED) is 0.694. The van der Waals surface area contributed by atoms with Crippen LogP contribution in [-0.2, 0) is 20.8 Å². The maximum Gasteiger partial charge on any atom is 0.339 e. The lowest BCUT2D eigenvalue weighted by molar-refractivity contribution is -0.213. The topological polar surface area (TPSA) is 97.6 Å². The van der Waals surface area contributed by atoms with E-state index in [9.17, 15) is 4.79 Å². The van der Waals surface area contributed by atoms with Gasteiger partial charge in [-0.1, -0.05) is 5.21 Å². The summed E-state index contributed by atoms with van der Waals surface area (Å²) in [5, 5.41) is 8.39. The molecular formula is C19H22N4O5. The second-order valence-electron chi connectivity index (χ2n) is 7.76. The van der Waals surface area contributed by atoms with Gasteiger partial charge in [-0.2, -0.15) is 0 Å². The van der Waals surface area contributed by atoms with Gasteiger partial charge >= 0.3 is 5.97 Å². The Morgan fingerprint density at radius 1 is 1.32 bits per heavy atom. The summed E-state index contributed by atoms with van der Waals surface area (Å²) >= 11 is 0. The minimum atomic E-state index is -0.455. The highest BCUT2D eigenvalue weighted by Crippen LogP contribution is 2.48. The van der Waals surface area contributed by atoms with Gasteiger partial charge in [0.25, 0.3) is 0 Å². The number of aromatic nitrogens is 4. The largest absolute Gasteiger partial charge is 0.488 e. The Balaban J connectivity index is 1.33. The highest BCUT2D eigenvalue weighted by molar-refractivity contribution is 5.90. The van der Waals surface area contributed by atoms with E-state index in [2.05, 4.69) is 15.3 Å². The second-order valence-corrected chi connectivity index (χ2v) is 7.76. The lowest BCUT2D eigenvalue weighted by atomic mass is 10.1. The lowest BCUT2D eigenvalue weighted by Crippen LogP contribution is -2.36. The van der Waals surface area contributed by atoms with E-state index in [1.54, 1.807) is 16.9 Å². The zero-order chi connectivity index (χ0) is 19.1. The molecule has 0 amide bonds. The highest BCUT2D eigenvalue weighted by atomic mass is 16.7. The van der Waals surface area contributed by atoms with Crippen LogP contribution in [0.25, 0.3) is 11.4 Å². The summed E-state index contributed by atoms with van der Waals surface area (Å²) in [5.41, 5.74) is 1.73. The van der Waals surface area contributed by atoms with Crippen LogP contribution in [-0.4, -0.2) is 58.7 Å². The minimum absolute atomic E-state index is 0.155. The van der Waals surface area contributed by atoms with E-state index >= 15 is 0 Å². The summed E-state index contributed by atoms with van der Waals surface area (Å²) in [7, 11) is 1.34. The van der Waals surface area contributed by atoms with E-state index in [0.717, 1.165) is 26.1 Å². The number of rotatable bonds is 6. The molecule has 0 bridgehead atoms. The molecule has 3 aliphatic rings. The summed E-state index contributed by atoms with van der Waals surface area (Å²) in [4.78, 5) is 16.2. The van der Waals surface area contributed by atoms with E-state index < -0.39 is 5.97 Å². The molecule has 0 N–H and O–H groups in total. The van der Waals surface area contributed by atoms with Gasteiger partial charge < -0.3 is 18.9 Å². The summed E-state index contributed by atoms with van der Waals surface area (Å²) in [5.74, 6) is 0.0571. The van der Waals surface area contributed by atoms with Crippen molar-refractivity contribution in [1.82, 2.24) is 20.0 Å². The van der Waals surface area contributed by atoms with Crippen molar-refractivity contribution >= 4 is 5.97 Å².